The molecule has 0 atom stereocenters. The molecule has 0 unspecified atom stereocenters. The smallest absolute Gasteiger partial charge is 0.257 e. The Morgan fingerprint density at radius 2 is 2.11 bits per heavy atom. The van der Waals surface area contributed by atoms with Crippen LogP contribution in [0.3, 0.4) is 0 Å². The average Bonchev–Trinajstić information content (AvgIpc) is 3.19. The summed E-state index contributed by atoms with van der Waals surface area (Å²) in [5.41, 5.74) is 2.05. The summed E-state index contributed by atoms with van der Waals surface area (Å²) in [7, 11) is 3.28. The number of phenolic OH excluding ortho intramolecular Hbond substituents is 1. The third-order valence-corrected chi connectivity index (χ3v) is 4.54. The van der Waals surface area contributed by atoms with Crippen LogP contribution in [0.4, 0.5) is 0 Å². The Morgan fingerprint density at radius 1 is 1.30 bits per heavy atom. The minimum atomic E-state index is -0.249. The van der Waals surface area contributed by atoms with Crippen molar-refractivity contribution in [1.82, 2.24) is 24.8 Å². The molecule has 2 amide bonds. The Kier molecular flexibility index (Phi) is 5.54. The number of aromatic nitrogens is 3. The Labute approximate surface area is 157 Å². The lowest BCUT2D eigenvalue weighted by Crippen LogP contribution is -2.36. The van der Waals surface area contributed by atoms with E-state index in [0.29, 0.717) is 26.1 Å². The van der Waals surface area contributed by atoms with Crippen LogP contribution in [0.5, 0.6) is 5.75 Å². The van der Waals surface area contributed by atoms with E-state index in [1.54, 1.807) is 43.3 Å². The fourth-order valence-electron chi connectivity index (χ4n) is 3.04. The lowest BCUT2D eigenvalue weighted by atomic mass is 9.98. The van der Waals surface area contributed by atoms with Crippen molar-refractivity contribution in [2.75, 3.05) is 27.2 Å². The van der Waals surface area contributed by atoms with Crippen molar-refractivity contribution in [2.45, 2.75) is 19.4 Å². The van der Waals surface area contributed by atoms with E-state index in [0.717, 1.165) is 17.6 Å². The summed E-state index contributed by atoms with van der Waals surface area (Å²) in [6, 6.07) is 5.02. The maximum absolute atomic E-state index is 12.5. The molecule has 0 bridgehead atoms. The number of phenols is 1. The van der Waals surface area contributed by atoms with Crippen LogP contribution >= 0.6 is 0 Å². The highest BCUT2D eigenvalue weighted by atomic mass is 16.3. The molecule has 1 aliphatic rings. The van der Waals surface area contributed by atoms with Crippen LogP contribution in [0.15, 0.2) is 36.7 Å². The largest absolute Gasteiger partial charge is 0.507 e. The van der Waals surface area contributed by atoms with E-state index in [9.17, 15) is 14.7 Å². The zero-order chi connectivity index (χ0) is 19.4. The molecule has 0 spiro atoms. The Hall–Kier alpha value is -3.16. The van der Waals surface area contributed by atoms with E-state index in [4.69, 9.17) is 0 Å². The first kappa shape index (κ1) is 18.6. The van der Waals surface area contributed by atoms with Crippen LogP contribution in [0.2, 0.25) is 0 Å². The molecule has 3 rings (SSSR count). The van der Waals surface area contributed by atoms with Gasteiger partial charge in [0.1, 0.15) is 5.75 Å². The summed E-state index contributed by atoms with van der Waals surface area (Å²) in [5, 5.41) is 17.8. The second kappa shape index (κ2) is 8.03. The normalized spacial score (nSPS) is 14.0. The van der Waals surface area contributed by atoms with Crippen molar-refractivity contribution < 1.29 is 14.7 Å². The van der Waals surface area contributed by atoms with Gasteiger partial charge in [-0.25, -0.2) is 0 Å². The molecule has 1 aromatic carbocycles. The third-order valence-electron chi connectivity index (χ3n) is 4.54. The molecule has 8 heteroatoms. The molecule has 0 aliphatic carbocycles. The number of rotatable bonds is 5. The number of benzene rings is 1. The van der Waals surface area contributed by atoms with Gasteiger partial charge in [0.15, 0.2) is 0 Å². The van der Waals surface area contributed by atoms with Crippen molar-refractivity contribution in [2.24, 2.45) is 0 Å². The third kappa shape index (κ3) is 4.33. The first-order valence-electron chi connectivity index (χ1n) is 8.81. The lowest BCUT2D eigenvalue weighted by Gasteiger charge is -2.28. The van der Waals surface area contributed by atoms with Gasteiger partial charge in [-0.2, -0.15) is 0 Å². The molecule has 1 aliphatic heterocycles. The molecule has 142 valence electrons. The van der Waals surface area contributed by atoms with E-state index in [1.807, 2.05) is 11.0 Å². The van der Waals surface area contributed by atoms with Gasteiger partial charge in [0.25, 0.3) is 5.91 Å². The van der Waals surface area contributed by atoms with Gasteiger partial charge < -0.3 is 14.9 Å². The zero-order valence-electron chi connectivity index (χ0n) is 15.5. The summed E-state index contributed by atoms with van der Waals surface area (Å²) >= 11 is 0. The number of hydrogen-bond acceptors (Lipinski definition) is 5. The predicted octanol–water partition coefficient (Wildman–Crippen LogP) is 1.39. The highest BCUT2D eigenvalue weighted by Gasteiger charge is 2.20. The van der Waals surface area contributed by atoms with Crippen LogP contribution < -0.4 is 0 Å². The number of aromatic hydroxyl groups is 1. The van der Waals surface area contributed by atoms with Gasteiger partial charge in [-0.1, -0.05) is 17.4 Å². The van der Waals surface area contributed by atoms with E-state index in [1.165, 1.54) is 4.90 Å². The number of aryl methyl sites for hydroxylation is 1. The average molecular weight is 369 g/mol. The molecular formula is C19H23N5O3. The highest BCUT2D eigenvalue weighted by molar-refractivity contribution is 5.97. The molecule has 1 N–H and O–H groups in total. The summed E-state index contributed by atoms with van der Waals surface area (Å²) in [5.74, 6) is -0.247. The Bertz CT molecular complexity index is 858. The molecule has 0 saturated carbocycles. The summed E-state index contributed by atoms with van der Waals surface area (Å²) < 4.78 is 1.64. The molecule has 1 aromatic heterocycles. The standard InChI is InChI=1S/C19H23N5O3/c1-22(2)19(27)16-6-5-14(12-17(16)25)15-4-3-9-23(13-15)18(26)7-10-24-11-8-20-21-24/h4-6,8,11-12,25H,3,7,9-10,13H2,1-2H3. The van der Waals surface area contributed by atoms with Crippen LogP contribution in [0.1, 0.15) is 28.8 Å². The van der Waals surface area contributed by atoms with Crippen LogP contribution in [0, 0.1) is 0 Å². The highest BCUT2D eigenvalue weighted by Crippen LogP contribution is 2.27. The van der Waals surface area contributed by atoms with E-state index < -0.39 is 0 Å². The maximum Gasteiger partial charge on any atom is 0.257 e. The first-order chi connectivity index (χ1) is 13.0. The molecular weight excluding hydrogens is 346 g/mol. The first-order valence-corrected chi connectivity index (χ1v) is 8.81. The van der Waals surface area contributed by atoms with Gasteiger partial charge in [-0.3, -0.25) is 14.3 Å². The van der Waals surface area contributed by atoms with Gasteiger partial charge in [-0.15, -0.1) is 5.10 Å². The summed E-state index contributed by atoms with van der Waals surface area (Å²) in [6.07, 6.45) is 6.50. The topological polar surface area (TPSA) is 91.6 Å². The minimum Gasteiger partial charge on any atom is -0.507 e. The predicted molar refractivity (Wildman–Crippen MR) is 99.9 cm³/mol. The molecule has 0 fully saturated rings. The number of carbonyl (C=O) groups is 2. The Morgan fingerprint density at radius 3 is 2.78 bits per heavy atom. The summed E-state index contributed by atoms with van der Waals surface area (Å²) in [6.45, 7) is 1.65. The van der Waals surface area contributed by atoms with Gasteiger partial charge in [0, 0.05) is 39.8 Å². The number of amides is 2. The molecule has 0 saturated heterocycles. The molecule has 0 radical (unpaired) electrons. The quantitative estimate of drug-likeness (QED) is 0.860. The van der Waals surface area contributed by atoms with Gasteiger partial charge in [-0.05, 0) is 29.7 Å². The van der Waals surface area contributed by atoms with Crippen LogP contribution in [-0.2, 0) is 11.3 Å². The summed E-state index contributed by atoms with van der Waals surface area (Å²) in [4.78, 5) is 27.8. The zero-order valence-corrected chi connectivity index (χ0v) is 15.5. The van der Waals surface area contributed by atoms with Crippen LogP contribution in [-0.4, -0.2) is 68.9 Å². The van der Waals surface area contributed by atoms with Crippen molar-refractivity contribution in [3.8, 4) is 5.75 Å². The van der Waals surface area contributed by atoms with Gasteiger partial charge in [0.05, 0.1) is 18.3 Å². The maximum atomic E-state index is 12.5. The molecule has 2 aromatic rings. The second-order valence-electron chi connectivity index (χ2n) is 6.68. The van der Waals surface area contributed by atoms with Gasteiger partial charge in [0.2, 0.25) is 5.91 Å². The number of nitrogens with zero attached hydrogens (tertiary/aromatic N) is 5. The second-order valence-corrected chi connectivity index (χ2v) is 6.68. The van der Waals surface area contributed by atoms with Gasteiger partial charge >= 0.3 is 0 Å². The van der Waals surface area contributed by atoms with E-state index in [-0.39, 0.29) is 23.1 Å². The Balaban J connectivity index is 1.67. The fourth-order valence-corrected chi connectivity index (χ4v) is 3.04. The van der Waals surface area contributed by atoms with Crippen molar-refractivity contribution in [3.05, 3.63) is 47.8 Å². The molecule has 2 heterocycles. The van der Waals surface area contributed by atoms with Crippen molar-refractivity contribution in [3.63, 3.8) is 0 Å². The van der Waals surface area contributed by atoms with E-state index >= 15 is 0 Å². The van der Waals surface area contributed by atoms with Crippen LogP contribution in [0.25, 0.3) is 5.57 Å². The molecule has 8 nitrogen and oxygen atoms in total. The number of hydrogen-bond donors (Lipinski definition) is 1. The lowest BCUT2D eigenvalue weighted by molar-refractivity contribution is -0.131. The van der Waals surface area contributed by atoms with Crippen molar-refractivity contribution >= 4 is 17.4 Å². The minimum absolute atomic E-state index is 0.0540. The molecule has 27 heavy (non-hydrogen) atoms. The van der Waals surface area contributed by atoms with Crippen molar-refractivity contribution in [1.29, 1.82) is 0 Å². The fraction of sp³-hybridized carbons (Fsp3) is 0.368. The van der Waals surface area contributed by atoms with E-state index in [2.05, 4.69) is 16.4 Å². The SMILES string of the molecule is CN(C)C(=O)c1ccc(C2=CCCN(C(=O)CCn3ccnn3)C2)cc1O. The number of carbonyl (C=O) groups excluding carboxylic acids is 2. The monoisotopic (exact) mass is 369 g/mol.